The summed E-state index contributed by atoms with van der Waals surface area (Å²) in [6.07, 6.45) is 1.19. The van der Waals surface area contributed by atoms with Crippen molar-refractivity contribution in [2.75, 3.05) is 24.2 Å². The van der Waals surface area contributed by atoms with Crippen LogP contribution in [0.5, 0.6) is 0 Å². The molecule has 0 bridgehead atoms. The van der Waals surface area contributed by atoms with E-state index in [0.717, 1.165) is 0 Å². The minimum absolute atomic E-state index is 0.0377. The highest BCUT2D eigenvalue weighted by atomic mass is 32.2. The van der Waals surface area contributed by atoms with Crippen molar-refractivity contribution in [2.24, 2.45) is 5.92 Å². The molecule has 1 aliphatic rings. The van der Waals surface area contributed by atoms with Crippen LogP contribution in [-0.2, 0) is 9.59 Å². The first kappa shape index (κ1) is 18.4. The van der Waals surface area contributed by atoms with Crippen LogP contribution in [0, 0.1) is 18.7 Å². The first-order valence-corrected chi connectivity index (χ1v) is 9.41. The van der Waals surface area contributed by atoms with Crippen molar-refractivity contribution in [2.45, 2.75) is 24.7 Å². The van der Waals surface area contributed by atoms with Crippen LogP contribution in [0.4, 0.5) is 10.2 Å². The number of benzene rings is 1. The summed E-state index contributed by atoms with van der Waals surface area (Å²) >= 11 is 1.20. The van der Waals surface area contributed by atoms with E-state index in [4.69, 9.17) is 4.52 Å². The normalized spacial score (nSPS) is 15.1. The molecule has 1 fully saturated rings. The molecular formula is C18H20FN3O3S. The maximum Gasteiger partial charge on any atom is 0.232 e. The molecule has 3 rings (SSSR count). The van der Waals surface area contributed by atoms with Crippen molar-refractivity contribution in [3.05, 3.63) is 41.9 Å². The lowest BCUT2D eigenvalue weighted by Gasteiger charge is -2.31. The highest BCUT2D eigenvalue weighted by Crippen LogP contribution is 2.24. The zero-order chi connectivity index (χ0) is 18.5. The second kappa shape index (κ2) is 8.35. The van der Waals surface area contributed by atoms with Gasteiger partial charge in [0.1, 0.15) is 11.6 Å². The Morgan fingerprint density at radius 3 is 2.73 bits per heavy atom. The Morgan fingerprint density at radius 1 is 1.35 bits per heavy atom. The molecule has 8 heteroatoms. The standard InChI is InChI=1S/C18H20FN3O3S/c1-12-10-16(21-25-12)20-18(24)13-6-8-22(9-7-13)17(23)11-26-15-5-3-2-4-14(15)19/h2-5,10,13H,6-9,11H2,1H3,(H,20,21,24). The van der Waals surface area contributed by atoms with E-state index in [1.807, 2.05) is 0 Å². The summed E-state index contributed by atoms with van der Waals surface area (Å²) in [6.45, 7) is 2.80. The summed E-state index contributed by atoms with van der Waals surface area (Å²) in [7, 11) is 0. The number of thioether (sulfide) groups is 1. The zero-order valence-electron chi connectivity index (χ0n) is 14.4. The van der Waals surface area contributed by atoms with Gasteiger partial charge in [-0.2, -0.15) is 0 Å². The molecular weight excluding hydrogens is 357 g/mol. The molecule has 2 heterocycles. The van der Waals surface area contributed by atoms with Gasteiger partial charge in [0, 0.05) is 30.0 Å². The van der Waals surface area contributed by atoms with Crippen LogP contribution >= 0.6 is 11.8 Å². The number of amides is 2. The Bertz CT molecular complexity index is 787. The predicted molar refractivity (Wildman–Crippen MR) is 96.3 cm³/mol. The number of rotatable bonds is 5. The molecule has 0 unspecified atom stereocenters. The molecule has 2 amide bonds. The second-order valence-corrected chi connectivity index (χ2v) is 7.20. The molecule has 6 nitrogen and oxygen atoms in total. The van der Waals surface area contributed by atoms with Crippen LogP contribution in [0.2, 0.25) is 0 Å². The van der Waals surface area contributed by atoms with Crippen LogP contribution in [0.3, 0.4) is 0 Å². The van der Waals surface area contributed by atoms with Gasteiger partial charge in [-0.1, -0.05) is 17.3 Å². The largest absolute Gasteiger partial charge is 0.360 e. The summed E-state index contributed by atoms with van der Waals surface area (Å²) in [5, 5.41) is 6.49. The Hall–Kier alpha value is -2.35. The fourth-order valence-corrected chi connectivity index (χ4v) is 3.68. The third-order valence-corrected chi connectivity index (χ3v) is 5.32. The number of hydrogen-bond donors (Lipinski definition) is 1. The lowest BCUT2D eigenvalue weighted by atomic mass is 9.96. The number of aryl methyl sites for hydroxylation is 1. The van der Waals surface area contributed by atoms with Gasteiger partial charge in [-0.05, 0) is 31.9 Å². The first-order chi connectivity index (χ1) is 12.5. The van der Waals surface area contributed by atoms with Crippen molar-refractivity contribution >= 4 is 29.4 Å². The fraction of sp³-hybridized carbons (Fsp3) is 0.389. The zero-order valence-corrected chi connectivity index (χ0v) is 15.2. The third kappa shape index (κ3) is 4.63. The molecule has 1 saturated heterocycles. The number of piperidine rings is 1. The van der Waals surface area contributed by atoms with Gasteiger partial charge in [0.05, 0.1) is 5.75 Å². The van der Waals surface area contributed by atoms with Gasteiger partial charge in [0.2, 0.25) is 11.8 Å². The number of hydrogen-bond acceptors (Lipinski definition) is 5. The van der Waals surface area contributed by atoms with Crippen molar-refractivity contribution in [3.63, 3.8) is 0 Å². The monoisotopic (exact) mass is 377 g/mol. The number of carbonyl (C=O) groups is 2. The average Bonchev–Trinajstić information content (AvgIpc) is 3.05. The van der Waals surface area contributed by atoms with Crippen molar-refractivity contribution < 1.29 is 18.5 Å². The minimum Gasteiger partial charge on any atom is -0.360 e. The van der Waals surface area contributed by atoms with Gasteiger partial charge in [-0.25, -0.2) is 4.39 Å². The summed E-state index contributed by atoms with van der Waals surface area (Å²) in [5.41, 5.74) is 0. The van der Waals surface area contributed by atoms with Crippen LogP contribution in [0.15, 0.2) is 39.8 Å². The van der Waals surface area contributed by atoms with E-state index in [1.165, 1.54) is 17.8 Å². The number of carbonyl (C=O) groups excluding carboxylic acids is 2. The van der Waals surface area contributed by atoms with Crippen LogP contribution in [-0.4, -0.2) is 40.7 Å². The average molecular weight is 377 g/mol. The lowest BCUT2D eigenvalue weighted by molar-refractivity contribution is -0.132. The maximum absolute atomic E-state index is 13.6. The molecule has 26 heavy (non-hydrogen) atoms. The number of anilines is 1. The molecule has 0 atom stereocenters. The minimum atomic E-state index is -0.316. The molecule has 0 saturated carbocycles. The molecule has 1 aromatic carbocycles. The summed E-state index contributed by atoms with van der Waals surface area (Å²) in [5.74, 6) is 0.616. The lowest BCUT2D eigenvalue weighted by Crippen LogP contribution is -2.42. The molecule has 0 aliphatic carbocycles. The predicted octanol–water partition coefficient (Wildman–Crippen LogP) is 3.09. The fourth-order valence-electron chi connectivity index (χ4n) is 2.84. The van der Waals surface area contributed by atoms with Gasteiger partial charge in [-0.15, -0.1) is 11.8 Å². The van der Waals surface area contributed by atoms with E-state index >= 15 is 0 Å². The van der Waals surface area contributed by atoms with Crippen molar-refractivity contribution in [1.29, 1.82) is 0 Å². The number of halogens is 1. The van der Waals surface area contributed by atoms with Gasteiger partial charge >= 0.3 is 0 Å². The molecule has 0 spiro atoms. The highest BCUT2D eigenvalue weighted by Gasteiger charge is 2.27. The van der Waals surface area contributed by atoms with E-state index in [0.29, 0.717) is 42.4 Å². The SMILES string of the molecule is Cc1cc(NC(=O)C2CCN(C(=O)CSc3ccccc3F)CC2)no1. The van der Waals surface area contributed by atoms with Gasteiger partial charge < -0.3 is 14.7 Å². The van der Waals surface area contributed by atoms with Crippen molar-refractivity contribution in [1.82, 2.24) is 10.1 Å². The topological polar surface area (TPSA) is 75.4 Å². The highest BCUT2D eigenvalue weighted by molar-refractivity contribution is 8.00. The smallest absolute Gasteiger partial charge is 0.232 e. The quantitative estimate of drug-likeness (QED) is 0.811. The second-order valence-electron chi connectivity index (χ2n) is 6.19. The van der Waals surface area contributed by atoms with Gasteiger partial charge in [0.25, 0.3) is 0 Å². The Kier molecular flexibility index (Phi) is 5.92. The van der Waals surface area contributed by atoms with Gasteiger partial charge in [-0.3, -0.25) is 9.59 Å². The van der Waals surface area contributed by atoms with Crippen LogP contribution < -0.4 is 5.32 Å². The number of aromatic nitrogens is 1. The number of likely N-dealkylation sites (tertiary alicyclic amines) is 1. The van der Waals surface area contributed by atoms with Crippen molar-refractivity contribution in [3.8, 4) is 0 Å². The van der Waals surface area contributed by atoms with Gasteiger partial charge in [0.15, 0.2) is 5.82 Å². The Morgan fingerprint density at radius 2 is 2.08 bits per heavy atom. The Labute approximate surface area is 155 Å². The molecule has 2 aromatic rings. The molecule has 138 valence electrons. The third-order valence-electron chi connectivity index (χ3n) is 4.29. The van der Waals surface area contributed by atoms with E-state index < -0.39 is 0 Å². The first-order valence-electron chi connectivity index (χ1n) is 8.42. The van der Waals surface area contributed by atoms with Crippen LogP contribution in [0.1, 0.15) is 18.6 Å². The van der Waals surface area contributed by atoms with E-state index in [9.17, 15) is 14.0 Å². The van der Waals surface area contributed by atoms with E-state index in [1.54, 1.807) is 36.1 Å². The molecule has 1 aliphatic heterocycles. The Balaban J connectivity index is 1.44. The van der Waals surface area contributed by atoms with E-state index in [2.05, 4.69) is 10.5 Å². The van der Waals surface area contributed by atoms with Crippen LogP contribution in [0.25, 0.3) is 0 Å². The molecule has 0 radical (unpaired) electrons. The maximum atomic E-state index is 13.6. The molecule has 1 aromatic heterocycles. The summed E-state index contributed by atoms with van der Waals surface area (Å²) in [4.78, 5) is 26.8. The summed E-state index contributed by atoms with van der Waals surface area (Å²) < 4.78 is 18.5. The molecule has 1 N–H and O–H groups in total. The number of nitrogens with one attached hydrogen (secondary N) is 1. The van der Waals surface area contributed by atoms with E-state index in [-0.39, 0.29) is 29.3 Å². The number of nitrogens with zero attached hydrogens (tertiary/aromatic N) is 2. The summed E-state index contributed by atoms with van der Waals surface area (Å²) in [6, 6.07) is 8.08.